The summed E-state index contributed by atoms with van der Waals surface area (Å²) >= 11 is 0. The minimum atomic E-state index is -0.678. The number of carbonyl (C=O) groups excluding carboxylic acids is 1. The quantitative estimate of drug-likeness (QED) is 0.764. The highest BCUT2D eigenvalue weighted by Crippen LogP contribution is 2.32. The molecule has 0 radical (unpaired) electrons. The summed E-state index contributed by atoms with van der Waals surface area (Å²) in [6, 6.07) is 10.7. The first-order valence-electron chi connectivity index (χ1n) is 10.6. The molecule has 2 aliphatic rings. The van der Waals surface area contributed by atoms with E-state index in [4.69, 9.17) is 0 Å². The van der Waals surface area contributed by atoms with Crippen molar-refractivity contribution in [1.29, 1.82) is 0 Å². The number of amides is 2. The van der Waals surface area contributed by atoms with Gasteiger partial charge in [-0.3, -0.25) is 9.80 Å². The van der Waals surface area contributed by atoms with Crippen molar-refractivity contribution in [2.24, 2.45) is 0 Å². The second-order valence-electron chi connectivity index (χ2n) is 8.32. The molecular weight excluding hydrogens is 419 g/mol. The Hall–Kier alpha value is -2.84. The summed E-state index contributed by atoms with van der Waals surface area (Å²) in [5.74, 6) is -1.17. The molecule has 0 aromatic heterocycles. The number of aliphatic hydroxyl groups is 1. The summed E-state index contributed by atoms with van der Waals surface area (Å²) in [4.78, 5) is 18.7. The molecule has 0 unspecified atom stereocenters. The van der Waals surface area contributed by atoms with E-state index in [9.17, 15) is 23.1 Å². The Kier molecular flexibility index (Phi) is 6.53. The van der Waals surface area contributed by atoms with Crippen molar-refractivity contribution in [3.8, 4) is 0 Å². The molecule has 2 amide bonds. The van der Waals surface area contributed by atoms with E-state index in [-0.39, 0.29) is 36.8 Å². The van der Waals surface area contributed by atoms with Crippen LogP contribution in [-0.4, -0.2) is 72.5 Å². The lowest BCUT2D eigenvalue weighted by atomic mass is 10.1. The lowest BCUT2D eigenvalue weighted by Gasteiger charge is -2.35. The molecule has 0 saturated carbocycles. The molecule has 0 spiro atoms. The lowest BCUT2D eigenvalue weighted by molar-refractivity contribution is 0.170. The molecule has 170 valence electrons. The van der Waals surface area contributed by atoms with Crippen LogP contribution in [-0.2, 0) is 0 Å². The number of nitrogens with zero attached hydrogens (tertiary/aromatic N) is 3. The molecule has 0 bridgehead atoms. The molecule has 8 heteroatoms. The van der Waals surface area contributed by atoms with E-state index in [1.54, 1.807) is 11.0 Å². The standard InChI is InChI=1S/C24H26F3N3O2/c1-28-14-20(11-19(28)12-25)30(18-5-3-2-4-6-18)24(32)29-13-16(9-21(29)15-31)22-10-17(26)7-8-23(22)27/h2-10,19-21,31H,11-15H2,1H3/t19-,20-,21-/m0/s1. The van der Waals surface area contributed by atoms with Crippen LogP contribution in [0, 0.1) is 11.6 Å². The van der Waals surface area contributed by atoms with Crippen LogP contribution >= 0.6 is 0 Å². The normalized spacial score (nSPS) is 23.5. The van der Waals surface area contributed by atoms with Crippen molar-refractivity contribution in [2.75, 3.05) is 38.3 Å². The van der Waals surface area contributed by atoms with Crippen molar-refractivity contribution in [3.63, 3.8) is 0 Å². The Balaban J connectivity index is 1.64. The lowest BCUT2D eigenvalue weighted by Crippen LogP contribution is -2.52. The van der Waals surface area contributed by atoms with Crippen LogP contribution in [0.2, 0.25) is 0 Å². The number of rotatable bonds is 5. The minimum absolute atomic E-state index is 0.0306. The van der Waals surface area contributed by atoms with Crippen LogP contribution in [0.15, 0.2) is 54.6 Å². The maximum absolute atomic E-state index is 14.4. The Morgan fingerprint density at radius 3 is 2.59 bits per heavy atom. The Labute approximate surface area is 185 Å². The number of anilines is 1. The molecule has 2 aromatic carbocycles. The maximum atomic E-state index is 14.4. The molecule has 1 fully saturated rings. The molecule has 3 atom stereocenters. The zero-order valence-electron chi connectivity index (χ0n) is 17.8. The maximum Gasteiger partial charge on any atom is 0.325 e. The topological polar surface area (TPSA) is 47.0 Å². The van der Waals surface area contributed by atoms with Crippen LogP contribution in [0.1, 0.15) is 12.0 Å². The van der Waals surface area contributed by atoms with Crippen molar-refractivity contribution < 1.29 is 23.1 Å². The summed E-state index contributed by atoms with van der Waals surface area (Å²) in [5, 5.41) is 9.93. The summed E-state index contributed by atoms with van der Waals surface area (Å²) in [6.07, 6.45) is 2.08. The zero-order chi connectivity index (χ0) is 22.8. The molecule has 32 heavy (non-hydrogen) atoms. The highest BCUT2D eigenvalue weighted by molar-refractivity contribution is 5.95. The predicted octanol–water partition coefficient (Wildman–Crippen LogP) is 3.69. The van der Waals surface area contributed by atoms with Crippen molar-refractivity contribution >= 4 is 17.3 Å². The smallest absolute Gasteiger partial charge is 0.325 e. The molecule has 2 aromatic rings. The van der Waals surface area contributed by atoms with E-state index in [1.807, 2.05) is 42.3 Å². The molecule has 0 aliphatic carbocycles. The van der Waals surface area contributed by atoms with Gasteiger partial charge in [-0.2, -0.15) is 0 Å². The summed E-state index contributed by atoms with van der Waals surface area (Å²) < 4.78 is 41.5. The van der Waals surface area contributed by atoms with Crippen LogP contribution in [0.3, 0.4) is 0 Å². The van der Waals surface area contributed by atoms with E-state index >= 15 is 0 Å². The number of para-hydroxylation sites is 1. The summed E-state index contributed by atoms with van der Waals surface area (Å²) in [5.41, 5.74) is 1.17. The predicted molar refractivity (Wildman–Crippen MR) is 117 cm³/mol. The number of urea groups is 1. The number of halogens is 3. The third-order valence-electron chi connectivity index (χ3n) is 6.29. The Bertz CT molecular complexity index is 1000. The van der Waals surface area contributed by atoms with Gasteiger partial charge in [0.25, 0.3) is 0 Å². The van der Waals surface area contributed by atoms with Crippen LogP contribution in [0.4, 0.5) is 23.7 Å². The molecule has 2 aliphatic heterocycles. The number of carbonyl (C=O) groups is 1. The fraction of sp³-hybridized carbons (Fsp3) is 0.375. The second-order valence-corrected chi connectivity index (χ2v) is 8.32. The first-order valence-corrected chi connectivity index (χ1v) is 10.6. The van der Waals surface area contributed by atoms with Gasteiger partial charge in [0.2, 0.25) is 0 Å². The number of benzene rings is 2. The van der Waals surface area contributed by atoms with Gasteiger partial charge in [-0.25, -0.2) is 18.0 Å². The van der Waals surface area contributed by atoms with Crippen molar-refractivity contribution in [1.82, 2.24) is 9.80 Å². The van der Waals surface area contributed by atoms with E-state index in [0.29, 0.717) is 24.2 Å². The Morgan fingerprint density at radius 1 is 1.19 bits per heavy atom. The Morgan fingerprint density at radius 2 is 1.94 bits per heavy atom. The molecule has 2 heterocycles. The van der Waals surface area contributed by atoms with E-state index < -0.39 is 24.4 Å². The third kappa shape index (κ3) is 4.25. The number of alkyl halides is 1. The van der Waals surface area contributed by atoms with Gasteiger partial charge in [-0.1, -0.05) is 24.3 Å². The third-order valence-corrected chi connectivity index (χ3v) is 6.29. The van der Waals surface area contributed by atoms with Crippen LogP contribution in [0.5, 0.6) is 0 Å². The van der Waals surface area contributed by atoms with Crippen molar-refractivity contribution in [2.45, 2.75) is 24.5 Å². The van der Waals surface area contributed by atoms with Crippen molar-refractivity contribution in [3.05, 3.63) is 71.8 Å². The molecule has 1 N–H and O–H groups in total. The number of aliphatic hydroxyl groups excluding tert-OH is 1. The molecule has 4 rings (SSSR count). The molecule has 1 saturated heterocycles. The number of likely N-dealkylation sites (N-methyl/N-ethyl adjacent to an activating group) is 1. The fourth-order valence-electron chi connectivity index (χ4n) is 4.58. The highest BCUT2D eigenvalue weighted by Gasteiger charge is 2.40. The van der Waals surface area contributed by atoms with E-state index in [0.717, 1.165) is 18.2 Å². The monoisotopic (exact) mass is 445 g/mol. The number of hydrogen-bond donors (Lipinski definition) is 1. The zero-order valence-corrected chi connectivity index (χ0v) is 17.8. The van der Waals surface area contributed by atoms with Gasteiger partial charge in [0.1, 0.15) is 18.3 Å². The van der Waals surface area contributed by atoms with E-state index in [2.05, 4.69) is 0 Å². The number of likely N-dealkylation sites (tertiary alicyclic amines) is 1. The highest BCUT2D eigenvalue weighted by atomic mass is 19.1. The molecule has 5 nitrogen and oxygen atoms in total. The average Bonchev–Trinajstić information content (AvgIpc) is 3.39. The summed E-state index contributed by atoms with van der Waals surface area (Å²) in [7, 11) is 1.83. The van der Waals surface area contributed by atoms with Gasteiger partial charge in [0, 0.05) is 30.4 Å². The molecular formula is C24H26F3N3O2. The van der Waals surface area contributed by atoms with Crippen LogP contribution in [0.25, 0.3) is 5.57 Å². The SMILES string of the molecule is CN1C[C@@H](N(C(=O)N2CC(c3cc(F)ccc3F)=C[C@H]2CO)c2ccccc2)C[C@H]1CF. The van der Waals surface area contributed by atoms with Gasteiger partial charge in [0.05, 0.1) is 18.7 Å². The van der Waals surface area contributed by atoms with E-state index in [1.165, 1.54) is 4.90 Å². The van der Waals surface area contributed by atoms with Crippen LogP contribution < -0.4 is 4.90 Å². The van der Waals surface area contributed by atoms with Gasteiger partial charge < -0.3 is 10.0 Å². The second kappa shape index (κ2) is 9.34. The first-order chi connectivity index (χ1) is 15.4. The minimum Gasteiger partial charge on any atom is -0.394 e. The summed E-state index contributed by atoms with van der Waals surface area (Å²) in [6.45, 7) is -0.321. The first kappa shape index (κ1) is 22.4. The fourth-order valence-corrected chi connectivity index (χ4v) is 4.58. The van der Waals surface area contributed by atoms with Gasteiger partial charge in [0.15, 0.2) is 0 Å². The van der Waals surface area contributed by atoms with Gasteiger partial charge in [-0.05, 0) is 49.4 Å². The average molecular weight is 445 g/mol. The largest absolute Gasteiger partial charge is 0.394 e. The number of hydrogen-bond acceptors (Lipinski definition) is 3. The van der Waals surface area contributed by atoms with Gasteiger partial charge in [-0.15, -0.1) is 0 Å². The van der Waals surface area contributed by atoms with Gasteiger partial charge >= 0.3 is 6.03 Å².